The average molecular weight is 282 g/mol. The van der Waals surface area contributed by atoms with Crippen LogP contribution in [0.2, 0.25) is 0 Å². The molecule has 0 aliphatic heterocycles. The number of hydrogen-bond donors (Lipinski definition) is 1. The number of hydrogen-bond acceptors (Lipinski definition) is 3. The predicted octanol–water partition coefficient (Wildman–Crippen LogP) is 4.26. The molecule has 0 radical (unpaired) electrons. The molecule has 0 saturated heterocycles. The van der Waals surface area contributed by atoms with Gasteiger partial charge in [-0.25, -0.2) is 0 Å². The van der Waals surface area contributed by atoms with Crippen molar-refractivity contribution in [3.05, 3.63) is 21.9 Å². The highest BCUT2D eigenvalue weighted by Crippen LogP contribution is 2.19. The Kier molecular flexibility index (Phi) is 8.35. The van der Waals surface area contributed by atoms with Crippen molar-refractivity contribution in [3.8, 4) is 0 Å². The molecule has 1 rings (SSSR count). The van der Waals surface area contributed by atoms with Crippen LogP contribution < -0.4 is 5.32 Å². The third-order valence-corrected chi connectivity index (χ3v) is 4.47. The number of nitrogens with zero attached hydrogens (tertiary/aromatic N) is 1. The Morgan fingerprint density at radius 2 is 1.89 bits per heavy atom. The van der Waals surface area contributed by atoms with E-state index in [2.05, 4.69) is 50.0 Å². The lowest BCUT2D eigenvalue weighted by atomic mass is 10.2. The summed E-state index contributed by atoms with van der Waals surface area (Å²) >= 11 is 1.95. The quantitative estimate of drug-likeness (QED) is 0.645. The number of thiophene rings is 1. The van der Waals surface area contributed by atoms with Crippen LogP contribution in [0.4, 0.5) is 0 Å². The van der Waals surface area contributed by atoms with Crippen LogP contribution in [0.25, 0.3) is 0 Å². The third kappa shape index (κ3) is 6.55. The van der Waals surface area contributed by atoms with Crippen molar-refractivity contribution in [3.63, 3.8) is 0 Å². The van der Waals surface area contributed by atoms with Crippen molar-refractivity contribution in [2.75, 3.05) is 13.1 Å². The van der Waals surface area contributed by atoms with E-state index in [-0.39, 0.29) is 0 Å². The van der Waals surface area contributed by atoms with Gasteiger partial charge in [0.2, 0.25) is 0 Å². The molecule has 0 aliphatic carbocycles. The molecule has 0 aromatic carbocycles. The van der Waals surface area contributed by atoms with Gasteiger partial charge in [0.15, 0.2) is 0 Å². The monoisotopic (exact) mass is 282 g/mol. The lowest BCUT2D eigenvalue weighted by Gasteiger charge is -2.25. The standard InChI is InChI=1S/C16H30N2S/c1-5-7-8-11-18(14(3)4)13-16-10-9-15(19-16)12-17-6-2/h9-10,14,17H,5-8,11-13H2,1-4H3. The van der Waals surface area contributed by atoms with Gasteiger partial charge in [0.25, 0.3) is 0 Å². The number of nitrogens with one attached hydrogen (secondary N) is 1. The van der Waals surface area contributed by atoms with E-state index < -0.39 is 0 Å². The van der Waals surface area contributed by atoms with Gasteiger partial charge in [-0.1, -0.05) is 26.7 Å². The normalized spacial score (nSPS) is 11.7. The van der Waals surface area contributed by atoms with Gasteiger partial charge in [0, 0.05) is 28.9 Å². The van der Waals surface area contributed by atoms with E-state index in [0.717, 1.165) is 19.6 Å². The van der Waals surface area contributed by atoms with Gasteiger partial charge >= 0.3 is 0 Å². The lowest BCUT2D eigenvalue weighted by molar-refractivity contribution is 0.210. The maximum atomic E-state index is 3.39. The van der Waals surface area contributed by atoms with Crippen molar-refractivity contribution < 1.29 is 0 Å². The van der Waals surface area contributed by atoms with Gasteiger partial charge in [-0.2, -0.15) is 0 Å². The Bertz CT molecular complexity index is 333. The maximum absolute atomic E-state index is 3.39. The molecule has 0 atom stereocenters. The molecule has 0 bridgehead atoms. The minimum Gasteiger partial charge on any atom is -0.312 e. The van der Waals surface area contributed by atoms with Crippen molar-refractivity contribution >= 4 is 11.3 Å². The minimum absolute atomic E-state index is 0.635. The van der Waals surface area contributed by atoms with Crippen LogP contribution in [0.1, 0.15) is 56.7 Å². The van der Waals surface area contributed by atoms with Gasteiger partial charge in [-0.05, 0) is 45.5 Å². The van der Waals surface area contributed by atoms with Crippen LogP contribution in [0, 0.1) is 0 Å². The zero-order valence-electron chi connectivity index (χ0n) is 13.0. The summed E-state index contributed by atoms with van der Waals surface area (Å²) in [6, 6.07) is 5.20. The summed E-state index contributed by atoms with van der Waals surface area (Å²) in [6.07, 6.45) is 3.97. The summed E-state index contributed by atoms with van der Waals surface area (Å²) in [7, 11) is 0. The van der Waals surface area contributed by atoms with Crippen LogP contribution in [0.15, 0.2) is 12.1 Å². The summed E-state index contributed by atoms with van der Waals surface area (Å²) in [5, 5.41) is 3.39. The fourth-order valence-corrected chi connectivity index (χ4v) is 3.15. The molecule has 0 fully saturated rings. The SMILES string of the molecule is CCCCCN(Cc1ccc(CNCC)s1)C(C)C. The predicted molar refractivity (Wildman–Crippen MR) is 86.8 cm³/mol. The molecular formula is C16H30N2S. The Morgan fingerprint density at radius 1 is 1.16 bits per heavy atom. The van der Waals surface area contributed by atoms with E-state index >= 15 is 0 Å². The molecule has 2 nitrogen and oxygen atoms in total. The molecule has 0 unspecified atom stereocenters. The second-order valence-electron chi connectivity index (χ2n) is 5.42. The van der Waals surface area contributed by atoms with Crippen LogP contribution in [0.5, 0.6) is 0 Å². The number of unbranched alkanes of at least 4 members (excludes halogenated alkanes) is 2. The van der Waals surface area contributed by atoms with E-state index in [1.165, 1.54) is 35.6 Å². The number of rotatable bonds is 10. The molecule has 1 heterocycles. The Hall–Kier alpha value is -0.380. The summed E-state index contributed by atoms with van der Waals surface area (Å²) in [6.45, 7) is 13.4. The maximum Gasteiger partial charge on any atom is 0.0330 e. The van der Waals surface area contributed by atoms with E-state index in [9.17, 15) is 0 Å². The Morgan fingerprint density at radius 3 is 2.53 bits per heavy atom. The van der Waals surface area contributed by atoms with Gasteiger partial charge in [0.1, 0.15) is 0 Å². The summed E-state index contributed by atoms with van der Waals surface area (Å²) in [5.41, 5.74) is 0. The molecular weight excluding hydrogens is 252 g/mol. The zero-order chi connectivity index (χ0) is 14.1. The van der Waals surface area contributed by atoms with Crippen LogP contribution in [-0.4, -0.2) is 24.0 Å². The molecule has 0 amide bonds. The minimum atomic E-state index is 0.635. The first-order chi connectivity index (χ1) is 9.17. The average Bonchev–Trinajstić information content (AvgIpc) is 2.83. The molecule has 0 aliphatic rings. The van der Waals surface area contributed by atoms with E-state index in [4.69, 9.17) is 0 Å². The van der Waals surface area contributed by atoms with Crippen molar-refractivity contribution in [1.29, 1.82) is 0 Å². The van der Waals surface area contributed by atoms with Crippen LogP contribution in [-0.2, 0) is 13.1 Å². The molecule has 1 aromatic heterocycles. The highest BCUT2D eigenvalue weighted by molar-refractivity contribution is 7.11. The molecule has 0 spiro atoms. The van der Waals surface area contributed by atoms with Gasteiger partial charge < -0.3 is 5.32 Å². The first-order valence-electron chi connectivity index (χ1n) is 7.69. The first-order valence-corrected chi connectivity index (χ1v) is 8.51. The van der Waals surface area contributed by atoms with Gasteiger partial charge in [-0.15, -0.1) is 11.3 Å². The largest absolute Gasteiger partial charge is 0.312 e. The first kappa shape index (κ1) is 16.7. The third-order valence-electron chi connectivity index (χ3n) is 3.40. The topological polar surface area (TPSA) is 15.3 Å². The van der Waals surface area contributed by atoms with Crippen molar-refractivity contribution in [2.24, 2.45) is 0 Å². The van der Waals surface area contributed by atoms with Gasteiger partial charge in [-0.3, -0.25) is 4.90 Å². The molecule has 1 aromatic rings. The lowest BCUT2D eigenvalue weighted by Crippen LogP contribution is -2.30. The molecule has 3 heteroatoms. The second kappa shape index (κ2) is 9.51. The fraction of sp³-hybridized carbons (Fsp3) is 0.750. The van der Waals surface area contributed by atoms with Crippen molar-refractivity contribution in [1.82, 2.24) is 10.2 Å². The molecule has 1 N–H and O–H groups in total. The van der Waals surface area contributed by atoms with E-state index in [1.54, 1.807) is 0 Å². The highest BCUT2D eigenvalue weighted by atomic mass is 32.1. The summed E-state index contributed by atoms with van der Waals surface area (Å²) < 4.78 is 0. The zero-order valence-corrected chi connectivity index (χ0v) is 13.9. The van der Waals surface area contributed by atoms with E-state index in [0.29, 0.717) is 6.04 Å². The fourth-order valence-electron chi connectivity index (χ4n) is 2.14. The molecule has 19 heavy (non-hydrogen) atoms. The molecule has 110 valence electrons. The second-order valence-corrected chi connectivity index (χ2v) is 6.67. The van der Waals surface area contributed by atoms with Crippen LogP contribution >= 0.6 is 11.3 Å². The Balaban J connectivity index is 2.46. The van der Waals surface area contributed by atoms with Crippen LogP contribution in [0.3, 0.4) is 0 Å². The summed E-state index contributed by atoms with van der Waals surface area (Å²) in [5.74, 6) is 0. The van der Waals surface area contributed by atoms with E-state index in [1.807, 2.05) is 11.3 Å². The smallest absolute Gasteiger partial charge is 0.0330 e. The summed E-state index contributed by atoms with van der Waals surface area (Å²) in [4.78, 5) is 5.55. The molecule has 0 saturated carbocycles. The highest BCUT2D eigenvalue weighted by Gasteiger charge is 2.11. The van der Waals surface area contributed by atoms with Crippen molar-refractivity contribution in [2.45, 2.75) is 66.1 Å². The Labute approximate surface area is 123 Å². The van der Waals surface area contributed by atoms with Gasteiger partial charge in [0.05, 0.1) is 0 Å².